The van der Waals surface area contributed by atoms with Crippen LogP contribution in [0.4, 0.5) is 15.8 Å². The first-order valence-electron chi connectivity index (χ1n) is 17.3. The zero-order valence-corrected chi connectivity index (χ0v) is 27.6. The molecular formula is C41H45FN6. The lowest BCUT2D eigenvalue weighted by atomic mass is 9.87. The molecule has 4 heterocycles. The monoisotopic (exact) mass is 640 g/mol. The van der Waals surface area contributed by atoms with E-state index in [1.807, 2.05) is 47.5 Å². The van der Waals surface area contributed by atoms with E-state index in [9.17, 15) is 0 Å². The van der Waals surface area contributed by atoms with E-state index in [1.54, 1.807) is 18.2 Å². The van der Waals surface area contributed by atoms with Crippen LogP contribution in [0.2, 0.25) is 0 Å². The number of benzene rings is 3. The van der Waals surface area contributed by atoms with Crippen LogP contribution in [0.5, 0.6) is 0 Å². The van der Waals surface area contributed by atoms with Gasteiger partial charge in [-0.15, -0.1) is 0 Å². The predicted octanol–water partition coefficient (Wildman–Crippen LogP) is 8.47. The molecule has 0 aliphatic carbocycles. The van der Waals surface area contributed by atoms with Crippen LogP contribution >= 0.6 is 0 Å². The van der Waals surface area contributed by atoms with Crippen LogP contribution in [-0.2, 0) is 0 Å². The average molecular weight is 641 g/mol. The highest BCUT2D eigenvalue weighted by atomic mass is 19.1. The first-order valence-corrected chi connectivity index (χ1v) is 17.3. The second-order valence-corrected chi connectivity index (χ2v) is 13.6. The highest BCUT2D eigenvalue weighted by molar-refractivity contribution is 6.18. The van der Waals surface area contributed by atoms with E-state index in [1.165, 1.54) is 5.56 Å². The minimum absolute atomic E-state index is 0.125. The summed E-state index contributed by atoms with van der Waals surface area (Å²) in [7, 11) is 0. The fourth-order valence-corrected chi connectivity index (χ4v) is 7.87. The number of likely N-dealkylation sites (tertiary alicyclic amines) is 1. The summed E-state index contributed by atoms with van der Waals surface area (Å²) < 4.78 is 15.4. The standard InChI is InChI=1S/C41H45FN6/c1-28-8-14-36(29(2)45-28)33-11-15-40(37(42)26-33)47-23-18-34(19-24-47)46-21-16-31(17-22-46)30-9-12-35(13-10-30)48-25-20-38(43)41(48)27-39(44)32-6-4-3-5-7-32/h3-7,9-13,15,20,25-27,31,34,36,43-45H,1-2,8,14,16-19,21-24H2/b41-27+,43-38?,44-39?. The molecule has 0 amide bonds. The number of nitrogens with one attached hydrogen (secondary N) is 3. The number of hydrogen-bond acceptors (Lipinski definition) is 6. The van der Waals surface area contributed by atoms with Gasteiger partial charge in [0.15, 0.2) is 0 Å². The van der Waals surface area contributed by atoms with Gasteiger partial charge in [-0.3, -0.25) is 5.41 Å². The van der Waals surface area contributed by atoms with Gasteiger partial charge in [0.05, 0.1) is 22.8 Å². The van der Waals surface area contributed by atoms with E-state index >= 15 is 4.39 Å². The second-order valence-electron chi connectivity index (χ2n) is 13.6. The van der Waals surface area contributed by atoms with Gasteiger partial charge in [0.2, 0.25) is 0 Å². The van der Waals surface area contributed by atoms with E-state index in [-0.39, 0.29) is 11.7 Å². The van der Waals surface area contributed by atoms with E-state index < -0.39 is 0 Å². The largest absolute Gasteiger partial charge is 0.369 e. The molecule has 1 unspecified atom stereocenters. The van der Waals surface area contributed by atoms with Gasteiger partial charge >= 0.3 is 0 Å². The number of piperidine rings is 3. The lowest BCUT2D eigenvalue weighted by Crippen LogP contribution is -2.47. The third-order valence-electron chi connectivity index (χ3n) is 10.7. The number of rotatable bonds is 7. The van der Waals surface area contributed by atoms with E-state index in [2.05, 4.69) is 58.6 Å². The molecular weight excluding hydrogens is 595 g/mol. The summed E-state index contributed by atoms with van der Waals surface area (Å²) in [6, 6.07) is 24.7. The minimum Gasteiger partial charge on any atom is -0.369 e. The Hall–Kier alpha value is -4.75. The Morgan fingerprint density at radius 1 is 0.854 bits per heavy atom. The second kappa shape index (κ2) is 13.8. The molecule has 3 saturated heterocycles. The Balaban J connectivity index is 0.913. The van der Waals surface area contributed by atoms with Gasteiger partial charge in [-0.2, -0.15) is 0 Å². The van der Waals surface area contributed by atoms with Gasteiger partial charge in [0, 0.05) is 48.3 Å². The molecule has 3 aromatic rings. The number of halogens is 1. The third kappa shape index (κ3) is 6.65. The molecule has 6 nitrogen and oxygen atoms in total. The third-order valence-corrected chi connectivity index (χ3v) is 10.7. The molecule has 0 radical (unpaired) electrons. The van der Waals surface area contributed by atoms with Gasteiger partial charge in [0.25, 0.3) is 0 Å². The molecule has 7 heteroatoms. The van der Waals surface area contributed by atoms with Crippen LogP contribution in [0, 0.1) is 16.6 Å². The molecule has 1 atom stereocenters. The fourth-order valence-electron chi connectivity index (χ4n) is 7.87. The molecule has 0 bridgehead atoms. The number of hydrogen-bond donors (Lipinski definition) is 3. The Kier molecular flexibility index (Phi) is 9.13. The van der Waals surface area contributed by atoms with Gasteiger partial charge in [0.1, 0.15) is 5.82 Å². The minimum atomic E-state index is -0.132. The molecule has 246 valence electrons. The summed E-state index contributed by atoms with van der Waals surface area (Å²) in [5.41, 5.74) is 8.32. The van der Waals surface area contributed by atoms with Crippen molar-refractivity contribution >= 4 is 22.8 Å². The quantitative estimate of drug-likeness (QED) is 0.227. The zero-order valence-electron chi connectivity index (χ0n) is 27.6. The highest BCUT2D eigenvalue weighted by Gasteiger charge is 2.30. The van der Waals surface area contributed by atoms with Crippen molar-refractivity contribution in [1.29, 1.82) is 10.8 Å². The van der Waals surface area contributed by atoms with Crippen LogP contribution in [-0.4, -0.2) is 48.5 Å². The van der Waals surface area contributed by atoms with Crippen molar-refractivity contribution in [3.05, 3.63) is 144 Å². The summed E-state index contributed by atoms with van der Waals surface area (Å²) >= 11 is 0. The summed E-state index contributed by atoms with van der Waals surface area (Å²) in [4.78, 5) is 6.89. The normalized spacial score (nSPS) is 22.1. The molecule has 3 aromatic carbocycles. The van der Waals surface area contributed by atoms with Gasteiger partial charge in [-0.05, 0) is 111 Å². The van der Waals surface area contributed by atoms with E-state index in [4.69, 9.17) is 10.8 Å². The van der Waals surface area contributed by atoms with Crippen molar-refractivity contribution in [3.8, 4) is 0 Å². The topological polar surface area (TPSA) is 69.5 Å². The van der Waals surface area contributed by atoms with Gasteiger partial charge in [-0.25, -0.2) is 4.39 Å². The molecule has 48 heavy (non-hydrogen) atoms. The summed E-state index contributed by atoms with van der Waals surface area (Å²) in [5, 5.41) is 20.2. The van der Waals surface area contributed by atoms with Crippen molar-refractivity contribution in [1.82, 2.24) is 10.2 Å². The molecule has 4 aliphatic rings. The van der Waals surface area contributed by atoms with Crippen LogP contribution in [0.15, 0.2) is 121 Å². The van der Waals surface area contributed by atoms with E-state index in [0.717, 1.165) is 98.6 Å². The maximum Gasteiger partial charge on any atom is 0.146 e. The summed E-state index contributed by atoms with van der Waals surface area (Å²) in [6.07, 6.45) is 11.7. The van der Waals surface area contributed by atoms with Crippen molar-refractivity contribution in [2.45, 2.75) is 56.4 Å². The van der Waals surface area contributed by atoms with E-state index in [0.29, 0.717) is 29.1 Å². The smallest absolute Gasteiger partial charge is 0.146 e. The van der Waals surface area contributed by atoms with Crippen LogP contribution in [0.1, 0.15) is 67.1 Å². The van der Waals surface area contributed by atoms with Crippen molar-refractivity contribution in [3.63, 3.8) is 0 Å². The zero-order chi connectivity index (χ0) is 33.2. The van der Waals surface area contributed by atoms with Crippen LogP contribution in [0.25, 0.3) is 0 Å². The van der Waals surface area contributed by atoms with Crippen molar-refractivity contribution < 1.29 is 4.39 Å². The Labute approximate surface area is 284 Å². The molecule has 4 aliphatic heterocycles. The summed E-state index contributed by atoms with van der Waals surface area (Å²) in [5.74, 6) is 0.526. The van der Waals surface area contributed by atoms with Gasteiger partial charge in [-0.1, -0.05) is 61.7 Å². The molecule has 0 spiro atoms. The molecule has 0 aromatic heterocycles. The highest BCUT2D eigenvalue weighted by Crippen LogP contribution is 2.36. The Morgan fingerprint density at radius 3 is 2.25 bits per heavy atom. The molecule has 0 saturated carbocycles. The number of allylic oxidation sites excluding steroid dienone is 4. The lowest BCUT2D eigenvalue weighted by Gasteiger charge is -2.42. The molecule has 7 rings (SSSR count). The van der Waals surface area contributed by atoms with Gasteiger partial charge < -0.3 is 25.4 Å². The maximum absolute atomic E-state index is 15.4. The Bertz CT molecular complexity index is 1760. The molecule has 3 fully saturated rings. The first-order chi connectivity index (χ1) is 23.3. The Morgan fingerprint density at radius 2 is 1.56 bits per heavy atom. The number of nitrogens with zero attached hydrogens (tertiary/aromatic N) is 3. The predicted molar refractivity (Wildman–Crippen MR) is 196 cm³/mol. The fraction of sp³-hybridized carbons (Fsp3) is 0.317. The van der Waals surface area contributed by atoms with Crippen LogP contribution in [0.3, 0.4) is 0 Å². The van der Waals surface area contributed by atoms with Crippen LogP contribution < -0.4 is 15.1 Å². The maximum atomic E-state index is 15.4. The average Bonchev–Trinajstić information content (AvgIpc) is 3.48. The lowest BCUT2D eigenvalue weighted by molar-refractivity contribution is 0.131. The SMILES string of the molecule is C=C1CCC(c2ccc(N3CCC(N4CCC(c5ccc(N6C=CC(=N)/C6=C\C(=N)c6ccccc6)cc5)CC4)CC3)c(F)c2)C(=C)N1. The van der Waals surface area contributed by atoms with Crippen molar-refractivity contribution in [2.24, 2.45) is 0 Å². The summed E-state index contributed by atoms with van der Waals surface area (Å²) in [6.45, 7) is 12.1. The molecule has 3 N–H and O–H groups in total. The number of anilines is 2. The van der Waals surface area contributed by atoms with Crippen molar-refractivity contribution in [2.75, 3.05) is 36.0 Å². The first kappa shape index (κ1) is 31.8.